The van der Waals surface area contributed by atoms with Crippen LogP contribution in [0.4, 0.5) is 10.6 Å². The average Bonchev–Trinajstić information content (AvgIpc) is 2.79. The summed E-state index contributed by atoms with van der Waals surface area (Å²) in [7, 11) is 0. The zero-order valence-corrected chi connectivity index (χ0v) is 18.7. The fourth-order valence-electron chi connectivity index (χ4n) is 4.12. The van der Waals surface area contributed by atoms with Gasteiger partial charge in [-0.05, 0) is 63.0 Å². The summed E-state index contributed by atoms with van der Waals surface area (Å²) < 4.78 is 1.48. The Morgan fingerprint density at radius 2 is 1.81 bits per heavy atom. The van der Waals surface area contributed by atoms with Gasteiger partial charge < -0.3 is 20.9 Å². The van der Waals surface area contributed by atoms with Gasteiger partial charge in [0.1, 0.15) is 5.82 Å². The molecule has 2 aliphatic heterocycles. The van der Waals surface area contributed by atoms with Crippen molar-refractivity contribution < 1.29 is 4.79 Å². The van der Waals surface area contributed by atoms with Crippen molar-refractivity contribution in [2.75, 3.05) is 51.1 Å². The van der Waals surface area contributed by atoms with Gasteiger partial charge in [-0.1, -0.05) is 12.1 Å². The Morgan fingerprint density at radius 1 is 1.12 bits per heavy atom. The maximum Gasteiger partial charge on any atom is 0.354 e. The Bertz CT molecular complexity index is 971. The largest absolute Gasteiger partial charge is 0.354 e. The predicted molar refractivity (Wildman–Crippen MR) is 125 cm³/mol. The van der Waals surface area contributed by atoms with Crippen molar-refractivity contribution in [1.82, 2.24) is 24.7 Å². The molecule has 2 saturated heterocycles. The fourth-order valence-corrected chi connectivity index (χ4v) is 4.12. The summed E-state index contributed by atoms with van der Waals surface area (Å²) in [4.78, 5) is 33.0. The third-order valence-electron chi connectivity index (χ3n) is 6.37. The molecule has 4 N–H and O–H groups in total. The van der Waals surface area contributed by atoms with Crippen LogP contribution in [0.2, 0.25) is 0 Å². The number of piperazine rings is 1. The number of amides is 2. The summed E-state index contributed by atoms with van der Waals surface area (Å²) in [5.74, 6) is 0.265. The molecule has 2 amide bonds. The molecule has 0 bridgehead atoms. The minimum Gasteiger partial charge on any atom is -0.325 e. The Balaban J connectivity index is 1.33. The van der Waals surface area contributed by atoms with E-state index < -0.39 is 5.69 Å². The lowest BCUT2D eigenvalue weighted by Gasteiger charge is -2.36. The predicted octanol–water partition coefficient (Wildman–Crippen LogP) is 1.03. The number of nitrogens with zero attached hydrogens (tertiary/aromatic N) is 4. The first kappa shape index (κ1) is 22.4. The Morgan fingerprint density at radius 3 is 2.47 bits per heavy atom. The molecule has 1 aromatic carbocycles. The monoisotopic (exact) mass is 439 g/mol. The van der Waals surface area contributed by atoms with Crippen LogP contribution in [0.5, 0.6) is 0 Å². The van der Waals surface area contributed by atoms with Crippen LogP contribution < -0.4 is 22.1 Å². The number of nitrogens with one attached hydrogen (secondary N) is 2. The van der Waals surface area contributed by atoms with Crippen molar-refractivity contribution in [2.24, 2.45) is 5.73 Å². The molecule has 9 heteroatoms. The van der Waals surface area contributed by atoms with Gasteiger partial charge in [0.15, 0.2) is 0 Å². The van der Waals surface area contributed by atoms with E-state index in [1.165, 1.54) is 10.1 Å². The lowest BCUT2D eigenvalue weighted by Crippen LogP contribution is -2.48. The molecule has 0 radical (unpaired) electrons. The van der Waals surface area contributed by atoms with Gasteiger partial charge in [0.05, 0.1) is 5.69 Å². The fraction of sp³-hybridized carbons (Fsp3) is 0.522. The number of hydrogen-bond donors (Lipinski definition) is 3. The van der Waals surface area contributed by atoms with Crippen LogP contribution >= 0.6 is 0 Å². The van der Waals surface area contributed by atoms with Gasteiger partial charge in [0.2, 0.25) is 0 Å². The quantitative estimate of drug-likeness (QED) is 0.642. The number of hydrogen-bond acceptors (Lipinski definition) is 6. The van der Waals surface area contributed by atoms with Crippen LogP contribution in [-0.2, 0) is 6.42 Å². The minimum atomic E-state index is -0.422. The molecule has 2 aromatic rings. The number of nitrogens with two attached hydrogens (primary N) is 1. The molecule has 4 rings (SSSR count). The highest BCUT2D eigenvalue weighted by Gasteiger charge is 2.25. The van der Waals surface area contributed by atoms with Crippen molar-refractivity contribution in [1.29, 1.82) is 0 Å². The first-order valence-corrected chi connectivity index (χ1v) is 11.4. The molecule has 2 aliphatic rings. The minimum absolute atomic E-state index is 0.0250. The highest BCUT2D eigenvalue weighted by Crippen LogP contribution is 2.19. The second-order valence-electron chi connectivity index (χ2n) is 9.04. The third-order valence-corrected chi connectivity index (χ3v) is 6.37. The number of benzene rings is 1. The lowest BCUT2D eigenvalue weighted by molar-refractivity contribution is 0.173. The van der Waals surface area contributed by atoms with E-state index in [4.69, 9.17) is 5.73 Å². The normalized spacial score (nSPS) is 19.0. The average molecular weight is 440 g/mol. The van der Waals surface area contributed by atoms with Gasteiger partial charge >= 0.3 is 11.7 Å². The molecule has 2 fully saturated rings. The van der Waals surface area contributed by atoms with E-state index in [1.807, 2.05) is 12.1 Å². The summed E-state index contributed by atoms with van der Waals surface area (Å²) in [5.41, 5.74) is 7.75. The smallest absolute Gasteiger partial charge is 0.325 e. The van der Waals surface area contributed by atoms with E-state index in [-0.39, 0.29) is 17.4 Å². The summed E-state index contributed by atoms with van der Waals surface area (Å²) in [6.07, 6.45) is 4.68. The number of likely N-dealkylation sites (tertiary alicyclic amines) is 1. The lowest BCUT2D eigenvalue weighted by atomic mass is 9.91. The number of anilines is 1. The van der Waals surface area contributed by atoms with Gasteiger partial charge in [-0.2, -0.15) is 4.98 Å². The van der Waals surface area contributed by atoms with E-state index in [2.05, 4.69) is 39.6 Å². The molecule has 3 heterocycles. The molecule has 0 aliphatic carbocycles. The van der Waals surface area contributed by atoms with Gasteiger partial charge in [0.25, 0.3) is 0 Å². The number of urea groups is 1. The molecule has 0 atom stereocenters. The van der Waals surface area contributed by atoms with Gasteiger partial charge in [-0.3, -0.25) is 9.88 Å². The number of rotatable bonds is 5. The first-order chi connectivity index (χ1) is 15.4. The molecule has 9 nitrogen and oxygen atoms in total. The van der Waals surface area contributed by atoms with Crippen LogP contribution in [0.3, 0.4) is 0 Å². The highest BCUT2D eigenvalue weighted by molar-refractivity contribution is 5.88. The second-order valence-corrected chi connectivity index (χ2v) is 9.04. The summed E-state index contributed by atoms with van der Waals surface area (Å²) in [6, 6.07) is 9.40. The third kappa shape index (κ3) is 5.73. The van der Waals surface area contributed by atoms with E-state index >= 15 is 0 Å². The van der Waals surface area contributed by atoms with Crippen molar-refractivity contribution >= 4 is 11.8 Å². The number of aromatic nitrogens is 2. The van der Waals surface area contributed by atoms with E-state index in [0.717, 1.165) is 57.7 Å². The van der Waals surface area contributed by atoms with Crippen LogP contribution in [-0.4, -0.2) is 76.7 Å². The summed E-state index contributed by atoms with van der Waals surface area (Å²) in [5, 5.41) is 5.92. The maximum atomic E-state index is 12.5. The summed E-state index contributed by atoms with van der Waals surface area (Å²) in [6.45, 7) is 8.05. The molecular formula is C23H33N7O2. The molecule has 1 aromatic heterocycles. The molecule has 0 saturated carbocycles. The van der Waals surface area contributed by atoms with Gasteiger partial charge in [0, 0.05) is 44.5 Å². The number of piperidine rings is 1. The topological polar surface area (TPSA) is 109 Å². The molecular weight excluding hydrogens is 406 g/mol. The van der Waals surface area contributed by atoms with Crippen molar-refractivity contribution in [3.63, 3.8) is 0 Å². The molecule has 32 heavy (non-hydrogen) atoms. The van der Waals surface area contributed by atoms with Crippen LogP contribution in [0.25, 0.3) is 5.69 Å². The van der Waals surface area contributed by atoms with E-state index in [1.54, 1.807) is 17.2 Å². The van der Waals surface area contributed by atoms with E-state index in [9.17, 15) is 9.59 Å². The van der Waals surface area contributed by atoms with Crippen LogP contribution in [0.1, 0.15) is 25.3 Å². The molecule has 0 spiro atoms. The van der Waals surface area contributed by atoms with Crippen molar-refractivity contribution in [3.05, 3.63) is 52.6 Å². The first-order valence-electron chi connectivity index (χ1n) is 11.4. The Kier molecular flexibility index (Phi) is 6.88. The zero-order valence-electron chi connectivity index (χ0n) is 18.7. The number of carbonyl (C=O) groups excluding carboxylic acids is 1. The molecule has 0 unspecified atom stereocenters. The SMILES string of the molecule is CC1(N)CCN(CCc2ccc(-n3ccc(NC(=O)N4CCNCC4)nc3=O)cc2)CC1. The Labute approximate surface area is 188 Å². The van der Waals surface area contributed by atoms with Gasteiger partial charge in [-0.15, -0.1) is 0 Å². The number of carbonyl (C=O) groups is 1. The van der Waals surface area contributed by atoms with Crippen LogP contribution in [0, 0.1) is 0 Å². The van der Waals surface area contributed by atoms with Crippen molar-refractivity contribution in [2.45, 2.75) is 31.7 Å². The van der Waals surface area contributed by atoms with E-state index in [0.29, 0.717) is 13.1 Å². The van der Waals surface area contributed by atoms with Crippen LogP contribution in [0.15, 0.2) is 41.3 Å². The standard InChI is InChI=1S/C23H33N7O2/c1-23(24)8-14-28(15-9-23)12-6-18-2-4-19(5-3-18)30-13-7-20(27-22(30)32)26-21(31)29-16-10-25-11-17-29/h2-5,7,13,25H,6,8-12,14-17,24H2,1H3,(H,26,27,31,32). The maximum absolute atomic E-state index is 12.5. The van der Waals surface area contributed by atoms with Crippen molar-refractivity contribution in [3.8, 4) is 5.69 Å². The zero-order chi connectivity index (χ0) is 22.6. The molecule has 172 valence electrons. The summed E-state index contributed by atoms with van der Waals surface area (Å²) >= 11 is 0. The van der Waals surface area contributed by atoms with Gasteiger partial charge in [-0.25, -0.2) is 9.59 Å². The highest BCUT2D eigenvalue weighted by atomic mass is 16.2. The second kappa shape index (κ2) is 9.81. The Hall–Kier alpha value is -2.75.